The third-order valence-corrected chi connectivity index (χ3v) is 4.93. The number of aromatic carboxylic acids is 1. The van der Waals surface area contributed by atoms with Crippen LogP contribution in [0, 0.1) is 0 Å². The summed E-state index contributed by atoms with van der Waals surface area (Å²) in [5.41, 5.74) is 0.699. The highest BCUT2D eigenvalue weighted by Gasteiger charge is 2.34. The molecule has 0 heterocycles. The molecule has 1 aromatic carbocycles. The highest BCUT2D eigenvalue weighted by atomic mass is 35.6. The molecule has 6 nitrogen and oxygen atoms in total. The molecule has 0 aromatic heterocycles. The molecule has 1 atom stereocenters. The molecule has 1 rings (SSSR count). The van der Waals surface area contributed by atoms with Crippen molar-refractivity contribution >= 4 is 69.7 Å². The molecule has 0 aliphatic rings. The number of unbranched alkanes of at least 4 members (excludes halogenated alkanes) is 5. The molecule has 10 heteroatoms. The van der Waals surface area contributed by atoms with Crippen LogP contribution in [0.15, 0.2) is 24.3 Å². The van der Waals surface area contributed by atoms with Gasteiger partial charge in [-0.1, -0.05) is 73.8 Å². The van der Waals surface area contributed by atoms with Gasteiger partial charge in [-0.3, -0.25) is 4.79 Å². The van der Waals surface area contributed by atoms with Gasteiger partial charge in [0, 0.05) is 12.1 Å². The summed E-state index contributed by atoms with van der Waals surface area (Å²) in [5.74, 6) is -1.26. The van der Waals surface area contributed by atoms with Crippen molar-refractivity contribution in [2.45, 2.75) is 61.8 Å². The first kappa shape index (κ1) is 25.8. The Bertz CT molecular complexity index is 682. The van der Waals surface area contributed by atoms with Gasteiger partial charge in [-0.25, -0.2) is 4.79 Å². The van der Waals surface area contributed by atoms with Crippen LogP contribution in [0.3, 0.4) is 0 Å². The van der Waals surface area contributed by atoms with E-state index in [0.717, 1.165) is 19.3 Å². The highest BCUT2D eigenvalue weighted by molar-refractivity contribution is 7.80. The topological polar surface area (TPSA) is 90.5 Å². The van der Waals surface area contributed by atoms with Crippen molar-refractivity contribution in [1.82, 2.24) is 10.6 Å². The number of carbonyl (C=O) groups excluding carboxylic acids is 1. The maximum Gasteiger partial charge on any atom is 0.335 e. The van der Waals surface area contributed by atoms with Gasteiger partial charge in [-0.2, -0.15) is 0 Å². The quantitative estimate of drug-likeness (QED) is 0.149. The van der Waals surface area contributed by atoms with E-state index in [1.807, 2.05) is 0 Å². The Morgan fingerprint density at radius 1 is 1.03 bits per heavy atom. The summed E-state index contributed by atoms with van der Waals surface area (Å²) >= 11 is 23.1. The SMILES string of the molecule is CCCCCCCCC(=O)NC(NC(=S)Nc1ccc(C(=O)O)cc1)C(Cl)(Cl)Cl. The number of carbonyl (C=O) groups is 2. The third-order valence-electron chi connectivity index (χ3n) is 4.06. The van der Waals surface area contributed by atoms with Crippen LogP contribution in [-0.4, -0.2) is 32.1 Å². The number of hydrogen-bond acceptors (Lipinski definition) is 3. The first-order valence-corrected chi connectivity index (χ1v) is 10.9. The number of hydrogen-bond donors (Lipinski definition) is 4. The minimum absolute atomic E-state index is 0.115. The lowest BCUT2D eigenvalue weighted by Gasteiger charge is -2.27. The van der Waals surface area contributed by atoms with Crippen LogP contribution >= 0.6 is 47.0 Å². The zero-order chi connectivity index (χ0) is 21.9. The van der Waals surface area contributed by atoms with Crippen molar-refractivity contribution in [3.05, 3.63) is 29.8 Å². The van der Waals surface area contributed by atoms with E-state index < -0.39 is 15.9 Å². The summed E-state index contributed by atoms with van der Waals surface area (Å²) in [5, 5.41) is 17.3. The summed E-state index contributed by atoms with van der Waals surface area (Å²) in [7, 11) is 0. The number of rotatable bonds is 11. The van der Waals surface area contributed by atoms with Crippen molar-refractivity contribution in [1.29, 1.82) is 0 Å². The van der Waals surface area contributed by atoms with Gasteiger partial charge in [-0.05, 0) is 42.9 Å². The van der Waals surface area contributed by atoms with E-state index in [-0.39, 0.29) is 16.6 Å². The molecule has 0 fully saturated rings. The first-order valence-electron chi connectivity index (χ1n) is 9.40. The molecule has 29 heavy (non-hydrogen) atoms. The van der Waals surface area contributed by atoms with Crippen LogP contribution in [0.5, 0.6) is 0 Å². The lowest BCUT2D eigenvalue weighted by Crippen LogP contribution is -2.56. The first-order chi connectivity index (χ1) is 13.6. The Labute approximate surface area is 191 Å². The molecule has 0 radical (unpaired) electrons. The molecule has 1 unspecified atom stereocenters. The fourth-order valence-corrected chi connectivity index (χ4v) is 3.06. The van der Waals surface area contributed by atoms with Crippen molar-refractivity contribution in [2.24, 2.45) is 0 Å². The van der Waals surface area contributed by atoms with Crippen LogP contribution in [0.4, 0.5) is 5.69 Å². The van der Waals surface area contributed by atoms with Crippen LogP contribution in [0.25, 0.3) is 0 Å². The van der Waals surface area contributed by atoms with Gasteiger partial charge in [0.1, 0.15) is 6.17 Å². The van der Waals surface area contributed by atoms with E-state index in [1.54, 1.807) is 12.1 Å². The summed E-state index contributed by atoms with van der Waals surface area (Å²) in [6, 6.07) is 5.97. The normalized spacial score (nSPS) is 12.1. The predicted octanol–water partition coefficient (Wildman–Crippen LogP) is 5.23. The number of carboxylic acid groups (broad SMARTS) is 1. The average Bonchev–Trinajstić information content (AvgIpc) is 2.63. The average molecular weight is 483 g/mol. The highest BCUT2D eigenvalue weighted by Crippen LogP contribution is 2.29. The van der Waals surface area contributed by atoms with Crippen LogP contribution in [-0.2, 0) is 4.79 Å². The Morgan fingerprint density at radius 2 is 1.62 bits per heavy atom. The van der Waals surface area contributed by atoms with E-state index in [2.05, 4.69) is 22.9 Å². The van der Waals surface area contributed by atoms with Crippen LogP contribution < -0.4 is 16.0 Å². The molecule has 1 aromatic rings. The minimum Gasteiger partial charge on any atom is -0.478 e. The molecule has 0 saturated carbocycles. The van der Waals surface area contributed by atoms with E-state index in [0.29, 0.717) is 12.1 Å². The molecule has 162 valence electrons. The summed E-state index contributed by atoms with van der Waals surface area (Å²) in [4.78, 5) is 23.1. The van der Waals surface area contributed by atoms with Gasteiger partial charge >= 0.3 is 5.97 Å². The van der Waals surface area contributed by atoms with Gasteiger partial charge in [0.15, 0.2) is 5.11 Å². The van der Waals surface area contributed by atoms with E-state index in [4.69, 9.17) is 52.1 Å². The second kappa shape index (κ2) is 13.1. The predicted molar refractivity (Wildman–Crippen MR) is 123 cm³/mol. The van der Waals surface area contributed by atoms with Gasteiger partial charge in [0.25, 0.3) is 0 Å². The van der Waals surface area contributed by atoms with Gasteiger partial charge < -0.3 is 21.1 Å². The number of nitrogens with one attached hydrogen (secondary N) is 3. The molecule has 0 aliphatic carbocycles. The Hall–Kier alpha value is -1.28. The zero-order valence-corrected chi connectivity index (χ0v) is 19.2. The molecule has 0 spiro atoms. The fraction of sp³-hybridized carbons (Fsp3) is 0.526. The summed E-state index contributed by atoms with van der Waals surface area (Å²) in [6.45, 7) is 2.15. The lowest BCUT2D eigenvalue weighted by atomic mass is 10.1. The Morgan fingerprint density at radius 3 is 2.17 bits per heavy atom. The van der Waals surface area contributed by atoms with Crippen molar-refractivity contribution < 1.29 is 14.7 Å². The minimum atomic E-state index is -1.82. The fourth-order valence-electron chi connectivity index (χ4n) is 2.49. The largest absolute Gasteiger partial charge is 0.478 e. The van der Waals surface area contributed by atoms with Crippen LogP contribution in [0.1, 0.15) is 62.2 Å². The number of carboxylic acids is 1. The van der Waals surface area contributed by atoms with Crippen molar-refractivity contribution in [2.75, 3.05) is 5.32 Å². The Balaban J connectivity index is 2.52. The van der Waals surface area contributed by atoms with Gasteiger partial charge in [0.2, 0.25) is 9.70 Å². The molecular weight excluding hydrogens is 457 g/mol. The standard InChI is InChI=1S/C19H26Cl3N3O3S/c1-2-3-4-5-6-7-8-15(26)24-17(19(20,21)22)25-18(29)23-14-11-9-13(10-12-14)16(27)28/h9-12,17H,2-8H2,1H3,(H,24,26)(H,27,28)(H2,23,25,29). The van der Waals surface area contributed by atoms with Crippen LogP contribution in [0.2, 0.25) is 0 Å². The number of anilines is 1. The van der Waals surface area contributed by atoms with Crippen molar-refractivity contribution in [3.63, 3.8) is 0 Å². The number of benzene rings is 1. The third kappa shape index (κ3) is 10.9. The van der Waals surface area contributed by atoms with Crippen molar-refractivity contribution in [3.8, 4) is 0 Å². The molecular formula is C19H26Cl3N3O3S. The molecule has 0 bridgehead atoms. The number of halogens is 3. The maximum absolute atomic E-state index is 12.2. The molecule has 4 N–H and O–H groups in total. The molecule has 1 amide bonds. The zero-order valence-electron chi connectivity index (χ0n) is 16.1. The second-order valence-electron chi connectivity index (χ2n) is 6.54. The number of amides is 1. The monoisotopic (exact) mass is 481 g/mol. The van der Waals surface area contributed by atoms with E-state index >= 15 is 0 Å². The number of thiocarbonyl (C=S) groups is 1. The lowest BCUT2D eigenvalue weighted by molar-refractivity contribution is -0.122. The van der Waals surface area contributed by atoms with Gasteiger partial charge in [-0.15, -0.1) is 0 Å². The van der Waals surface area contributed by atoms with E-state index in [9.17, 15) is 9.59 Å². The Kier molecular flexibility index (Phi) is 11.6. The van der Waals surface area contributed by atoms with Gasteiger partial charge in [0.05, 0.1) is 5.56 Å². The number of alkyl halides is 3. The smallest absolute Gasteiger partial charge is 0.335 e. The van der Waals surface area contributed by atoms with E-state index in [1.165, 1.54) is 31.4 Å². The molecule has 0 aliphatic heterocycles. The molecule has 0 saturated heterocycles. The summed E-state index contributed by atoms with van der Waals surface area (Å²) in [6.07, 6.45) is 5.70. The second-order valence-corrected chi connectivity index (χ2v) is 9.32. The summed E-state index contributed by atoms with van der Waals surface area (Å²) < 4.78 is -1.82. The maximum atomic E-state index is 12.2.